The van der Waals surface area contributed by atoms with Gasteiger partial charge in [-0.15, -0.1) is 0 Å². The quantitative estimate of drug-likeness (QED) is 0.459. The summed E-state index contributed by atoms with van der Waals surface area (Å²) in [6.07, 6.45) is 1.76. The smallest absolute Gasteiger partial charge is 0.327 e. The minimum atomic E-state index is -0.980. The maximum absolute atomic E-state index is 11.8. The van der Waals surface area contributed by atoms with Crippen molar-refractivity contribution in [3.63, 3.8) is 0 Å². The van der Waals surface area contributed by atoms with Crippen LogP contribution in [0.25, 0.3) is 11.1 Å². The summed E-state index contributed by atoms with van der Waals surface area (Å²) in [5.41, 5.74) is 5.57. The Hall–Kier alpha value is -3.62. The van der Waals surface area contributed by atoms with Gasteiger partial charge in [0.05, 0.1) is 12.8 Å². The second-order valence-corrected chi connectivity index (χ2v) is 5.34. The molecule has 3 rings (SSSR count). The van der Waals surface area contributed by atoms with Gasteiger partial charge in [-0.1, -0.05) is 12.1 Å². The topological polar surface area (TPSA) is 126 Å². The van der Waals surface area contributed by atoms with Crippen molar-refractivity contribution < 1.29 is 23.2 Å². The van der Waals surface area contributed by atoms with Gasteiger partial charge in [0.1, 0.15) is 11.3 Å². The summed E-state index contributed by atoms with van der Waals surface area (Å²) in [7, 11) is 0. The zero-order valence-electron chi connectivity index (χ0n) is 13.7. The molecular weight excluding hydrogens is 340 g/mol. The minimum Gasteiger partial charge on any atom is -0.467 e. The highest BCUT2D eigenvalue weighted by molar-refractivity contribution is 6.35. The average molecular weight is 356 g/mol. The molecule has 0 bridgehead atoms. The molecular formula is C17H16N4O5. The molecule has 2 aromatic heterocycles. The number of carbonyl (C=O) groups is 3. The number of furan rings is 1. The van der Waals surface area contributed by atoms with E-state index < -0.39 is 17.7 Å². The first kappa shape index (κ1) is 17.2. The number of aryl methyl sites for hydroxylation is 1. The van der Waals surface area contributed by atoms with Crippen molar-refractivity contribution in [3.05, 3.63) is 54.3 Å². The summed E-state index contributed by atoms with van der Waals surface area (Å²) in [5, 5.41) is 2.36. The van der Waals surface area contributed by atoms with Crippen LogP contribution in [-0.4, -0.2) is 22.7 Å². The van der Waals surface area contributed by atoms with Crippen LogP contribution >= 0.6 is 0 Å². The number of fused-ring (bicyclic) bond motifs is 1. The van der Waals surface area contributed by atoms with Gasteiger partial charge in [-0.2, -0.15) is 0 Å². The van der Waals surface area contributed by atoms with E-state index in [0.29, 0.717) is 22.8 Å². The van der Waals surface area contributed by atoms with Crippen LogP contribution in [-0.2, 0) is 27.3 Å². The maximum Gasteiger partial charge on any atom is 0.327 e. The number of nitrogens with one attached hydrogen (secondary N) is 3. The van der Waals surface area contributed by atoms with Gasteiger partial charge in [-0.25, -0.2) is 4.98 Å². The Kier molecular flexibility index (Phi) is 5.28. The molecule has 0 atom stereocenters. The first-order valence-corrected chi connectivity index (χ1v) is 7.85. The fraction of sp³-hybridized carbons (Fsp3) is 0.176. The largest absolute Gasteiger partial charge is 0.467 e. The second-order valence-electron chi connectivity index (χ2n) is 5.34. The van der Waals surface area contributed by atoms with Gasteiger partial charge in [-0.05, 0) is 24.3 Å². The number of nitrogens with zero attached hydrogens (tertiary/aromatic N) is 1. The third kappa shape index (κ3) is 4.47. The molecule has 0 radical (unpaired) electrons. The monoisotopic (exact) mass is 356 g/mol. The summed E-state index contributed by atoms with van der Waals surface area (Å²) in [5.74, 6) is -1.41. The van der Waals surface area contributed by atoms with E-state index in [2.05, 4.69) is 15.7 Å². The summed E-state index contributed by atoms with van der Waals surface area (Å²) in [4.78, 5) is 39.2. The minimum absolute atomic E-state index is 0.0428. The lowest BCUT2D eigenvalue weighted by molar-refractivity contribution is -0.141. The van der Waals surface area contributed by atoms with Crippen LogP contribution in [0.5, 0.6) is 0 Å². The maximum atomic E-state index is 11.8. The molecule has 9 heteroatoms. The molecule has 0 fully saturated rings. The molecule has 0 unspecified atom stereocenters. The number of rotatable bonds is 5. The zero-order chi connectivity index (χ0) is 18.4. The Labute approximate surface area is 147 Å². The lowest BCUT2D eigenvalue weighted by Gasteiger charge is -2.06. The van der Waals surface area contributed by atoms with E-state index in [4.69, 9.17) is 8.83 Å². The lowest BCUT2D eigenvalue weighted by atomic mass is 10.3. The Bertz CT molecular complexity index is 883. The molecule has 1 aromatic carbocycles. The zero-order valence-corrected chi connectivity index (χ0v) is 13.7. The van der Waals surface area contributed by atoms with Crippen LogP contribution in [0.15, 0.2) is 51.5 Å². The number of aromatic nitrogens is 1. The average Bonchev–Trinajstić information content (AvgIpc) is 3.31. The van der Waals surface area contributed by atoms with Crippen molar-refractivity contribution in [2.45, 2.75) is 19.4 Å². The Morgan fingerprint density at radius 3 is 2.62 bits per heavy atom. The van der Waals surface area contributed by atoms with E-state index in [9.17, 15) is 14.4 Å². The molecule has 3 aromatic rings. The number of hydrogen-bond donors (Lipinski definition) is 3. The Morgan fingerprint density at radius 1 is 1.00 bits per heavy atom. The van der Waals surface area contributed by atoms with Crippen LogP contribution in [0.2, 0.25) is 0 Å². The predicted octanol–water partition coefficient (Wildman–Crippen LogP) is 0.817. The SMILES string of the molecule is O=C(CCc1nc2ccccc2o1)NNC(=O)C(=O)NCc1ccco1. The van der Waals surface area contributed by atoms with Crippen molar-refractivity contribution in [1.82, 2.24) is 21.2 Å². The number of carbonyl (C=O) groups excluding carboxylic acids is 3. The summed E-state index contributed by atoms with van der Waals surface area (Å²) < 4.78 is 10.5. The van der Waals surface area contributed by atoms with Gasteiger partial charge in [0.15, 0.2) is 11.5 Å². The lowest BCUT2D eigenvalue weighted by Crippen LogP contribution is -2.48. The summed E-state index contributed by atoms with van der Waals surface area (Å²) in [6.45, 7) is 0.0743. The van der Waals surface area contributed by atoms with Crippen LogP contribution in [0.1, 0.15) is 18.1 Å². The van der Waals surface area contributed by atoms with Gasteiger partial charge in [0, 0.05) is 12.8 Å². The molecule has 2 heterocycles. The van der Waals surface area contributed by atoms with Crippen molar-refractivity contribution >= 4 is 28.8 Å². The van der Waals surface area contributed by atoms with Gasteiger partial charge in [0.2, 0.25) is 5.91 Å². The highest BCUT2D eigenvalue weighted by atomic mass is 16.3. The van der Waals surface area contributed by atoms with Crippen molar-refractivity contribution in [2.75, 3.05) is 0 Å². The first-order valence-electron chi connectivity index (χ1n) is 7.85. The molecule has 0 aliphatic heterocycles. The van der Waals surface area contributed by atoms with Crippen LogP contribution in [0.4, 0.5) is 0 Å². The summed E-state index contributed by atoms with van der Waals surface area (Å²) in [6, 6.07) is 10.6. The molecule has 0 spiro atoms. The fourth-order valence-electron chi connectivity index (χ4n) is 2.15. The molecule has 26 heavy (non-hydrogen) atoms. The van der Waals surface area contributed by atoms with E-state index in [1.807, 2.05) is 23.6 Å². The third-order valence-corrected chi connectivity index (χ3v) is 3.43. The number of hydrogen-bond acceptors (Lipinski definition) is 6. The van der Waals surface area contributed by atoms with Gasteiger partial charge in [0.25, 0.3) is 0 Å². The van der Waals surface area contributed by atoms with E-state index in [-0.39, 0.29) is 19.4 Å². The van der Waals surface area contributed by atoms with Gasteiger partial charge < -0.3 is 14.2 Å². The number of oxazole rings is 1. The normalized spacial score (nSPS) is 10.5. The number of amides is 3. The van der Waals surface area contributed by atoms with Crippen molar-refractivity contribution in [3.8, 4) is 0 Å². The fourth-order valence-corrected chi connectivity index (χ4v) is 2.15. The number of para-hydroxylation sites is 2. The summed E-state index contributed by atoms with van der Waals surface area (Å²) >= 11 is 0. The van der Waals surface area contributed by atoms with Crippen LogP contribution in [0, 0.1) is 0 Å². The Balaban J connectivity index is 1.38. The molecule has 134 valence electrons. The number of benzene rings is 1. The van der Waals surface area contributed by atoms with E-state index in [1.54, 1.807) is 18.2 Å². The highest BCUT2D eigenvalue weighted by Gasteiger charge is 2.15. The van der Waals surface area contributed by atoms with Crippen LogP contribution in [0.3, 0.4) is 0 Å². The van der Waals surface area contributed by atoms with E-state index in [1.165, 1.54) is 6.26 Å². The first-order chi connectivity index (χ1) is 12.6. The van der Waals surface area contributed by atoms with Gasteiger partial charge in [-0.3, -0.25) is 25.2 Å². The van der Waals surface area contributed by atoms with E-state index in [0.717, 1.165) is 0 Å². The predicted molar refractivity (Wildman–Crippen MR) is 89.2 cm³/mol. The van der Waals surface area contributed by atoms with Gasteiger partial charge >= 0.3 is 11.8 Å². The molecule has 0 saturated heterocycles. The molecule has 3 N–H and O–H groups in total. The molecule has 9 nitrogen and oxygen atoms in total. The van der Waals surface area contributed by atoms with E-state index >= 15 is 0 Å². The highest BCUT2D eigenvalue weighted by Crippen LogP contribution is 2.15. The third-order valence-electron chi connectivity index (χ3n) is 3.43. The Morgan fingerprint density at radius 2 is 1.85 bits per heavy atom. The standard InChI is InChI=1S/C17H16N4O5/c22-14(7-8-15-19-12-5-1-2-6-13(12)26-15)20-21-17(24)16(23)18-10-11-4-3-9-25-11/h1-6,9H,7-8,10H2,(H,18,23)(H,20,22)(H,21,24). The van der Waals surface area contributed by atoms with Crippen molar-refractivity contribution in [2.24, 2.45) is 0 Å². The number of hydrazine groups is 1. The second kappa shape index (κ2) is 7.97. The molecule has 0 aliphatic carbocycles. The molecule has 3 amide bonds. The molecule has 0 aliphatic rings. The molecule has 0 saturated carbocycles. The van der Waals surface area contributed by atoms with Crippen LogP contribution < -0.4 is 16.2 Å². The van der Waals surface area contributed by atoms with Crippen molar-refractivity contribution in [1.29, 1.82) is 0 Å².